The summed E-state index contributed by atoms with van der Waals surface area (Å²) in [5.41, 5.74) is 0.326. The van der Waals surface area contributed by atoms with Crippen LogP contribution in [0.25, 0.3) is 0 Å². The van der Waals surface area contributed by atoms with E-state index in [0.717, 1.165) is 16.9 Å². The highest BCUT2D eigenvalue weighted by molar-refractivity contribution is 7.09. The number of rotatable bonds is 9. The first-order chi connectivity index (χ1) is 16.2. The normalized spacial score (nSPS) is 15.9. The Labute approximate surface area is 205 Å². The number of nitrogens with one attached hydrogen (secondary N) is 1. The Bertz CT molecular complexity index is 1210. The number of benzene rings is 2. The number of carbonyl (C=O) groups is 1. The standard InChI is InChI=1S/C24H25ClN2O6S/c1-24(2,27-12-19(33-23(27)30)13-31-18-5-3-4-16(25)11-18)14-32-17-8-6-15(7-9-17)10-20-21(28)26-22(29)34-20/h3-9,11,19,28H,10,12-14H2,1-2H3,(H,26,29). The first-order valence-corrected chi connectivity index (χ1v) is 11.9. The lowest BCUT2D eigenvalue weighted by Crippen LogP contribution is -2.49. The quantitative estimate of drug-likeness (QED) is 0.446. The Hall–Kier alpha value is -3.17. The molecule has 34 heavy (non-hydrogen) atoms. The van der Waals surface area contributed by atoms with Crippen molar-refractivity contribution >= 4 is 29.0 Å². The van der Waals surface area contributed by atoms with Crippen molar-refractivity contribution in [2.75, 3.05) is 19.8 Å². The number of nitrogens with zero attached hydrogens (tertiary/aromatic N) is 1. The maximum absolute atomic E-state index is 12.5. The average molecular weight is 505 g/mol. The Morgan fingerprint density at radius 1 is 1.18 bits per heavy atom. The second-order valence-corrected chi connectivity index (χ2v) is 10.1. The molecular weight excluding hydrogens is 480 g/mol. The number of ether oxygens (including phenoxy) is 3. The molecule has 4 rings (SSSR count). The van der Waals surface area contributed by atoms with Crippen LogP contribution in [0.15, 0.2) is 53.3 Å². The third kappa shape index (κ3) is 5.84. The van der Waals surface area contributed by atoms with E-state index < -0.39 is 17.7 Å². The number of aromatic amines is 1. The molecule has 2 aromatic carbocycles. The van der Waals surface area contributed by atoms with Crippen molar-refractivity contribution in [3.8, 4) is 17.4 Å². The minimum absolute atomic E-state index is 0.0918. The number of aromatic hydroxyl groups is 1. The Morgan fingerprint density at radius 3 is 2.62 bits per heavy atom. The number of aromatic nitrogens is 1. The predicted molar refractivity (Wildman–Crippen MR) is 129 cm³/mol. The molecule has 3 aromatic rings. The van der Waals surface area contributed by atoms with Crippen LogP contribution in [0.5, 0.6) is 17.4 Å². The van der Waals surface area contributed by atoms with Crippen LogP contribution in [-0.4, -0.2) is 52.5 Å². The molecule has 0 bridgehead atoms. The predicted octanol–water partition coefficient (Wildman–Crippen LogP) is 4.44. The summed E-state index contributed by atoms with van der Waals surface area (Å²) in [5.74, 6) is 1.18. The van der Waals surface area contributed by atoms with Gasteiger partial charge in [0.15, 0.2) is 6.10 Å². The van der Waals surface area contributed by atoms with Crippen LogP contribution in [-0.2, 0) is 11.2 Å². The summed E-state index contributed by atoms with van der Waals surface area (Å²) in [7, 11) is 0. The molecule has 1 aliphatic heterocycles. The van der Waals surface area contributed by atoms with Gasteiger partial charge in [-0.15, -0.1) is 0 Å². The zero-order valence-corrected chi connectivity index (χ0v) is 20.3. The van der Waals surface area contributed by atoms with Gasteiger partial charge in [-0.2, -0.15) is 0 Å². The van der Waals surface area contributed by atoms with Crippen LogP contribution in [0, 0.1) is 0 Å². The number of hydrogen-bond donors (Lipinski definition) is 2. The van der Waals surface area contributed by atoms with Crippen molar-refractivity contribution < 1.29 is 24.1 Å². The topological polar surface area (TPSA) is 101 Å². The highest BCUT2D eigenvalue weighted by Crippen LogP contribution is 2.26. The first-order valence-electron chi connectivity index (χ1n) is 10.7. The molecule has 1 amide bonds. The zero-order valence-electron chi connectivity index (χ0n) is 18.7. The summed E-state index contributed by atoms with van der Waals surface area (Å²) >= 11 is 6.96. The third-order valence-corrected chi connectivity index (χ3v) is 6.52. The van der Waals surface area contributed by atoms with E-state index in [1.165, 1.54) is 0 Å². The molecule has 0 spiro atoms. The van der Waals surface area contributed by atoms with Crippen molar-refractivity contribution in [1.82, 2.24) is 9.88 Å². The zero-order chi connectivity index (χ0) is 24.3. The van der Waals surface area contributed by atoms with Crippen molar-refractivity contribution in [2.24, 2.45) is 0 Å². The molecule has 1 aliphatic rings. The highest BCUT2D eigenvalue weighted by atomic mass is 35.5. The van der Waals surface area contributed by atoms with Gasteiger partial charge in [-0.3, -0.25) is 14.7 Å². The molecular formula is C24H25ClN2O6S. The molecule has 10 heteroatoms. The SMILES string of the molecule is CC(C)(COc1ccc(Cc2sc(=O)[nH]c2O)cc1)N1CC(COc2cccc(Cl)c2)OC1=O. The fraction of sp³-hybridized carbons (Fsp3) is 0.333. The monoisotopic (exact) mass is 504 g/mol. The van der Waals surface area contributed by atoms with Gasteiger partial charge in [0.25, 0.3) is 0 Å². The van der Waals surface area contributed by atoms with Crippen molar-refractivity contribution in [3.63, 3.8) is 0 Å². The van der Waals surface area contributed by atoms with Gasteiger partial charge in [0.1, 0.15) is 24.7 Å². The lowest BCUT2D eigenvalue weighted by molar-refractivity contribution is 0.0870. The molecule has 2 heterocycles. The Morgan fingerprint density at radius 2 is 1.94 bits per heavy atom. The van der Waals surface area contributed by atoms with Gasteiger partial charge < -0.3 is 19.3 Å². The van der Waals surface area contributed by atoms with Crippen molar-refractivity contribution in [1.29, 1.82) is 0 Å². The molecule has 1 aromatic heterocycles. The van der Waals surface area contributed by atoms with Crippen LogP contribution in [0.4, 0.5) is 4.79 Å². The van der Waals surface area contributed by atoms with E-state index in [1.807, 2.05) is 38.1 Å². The minimum atomic E-state index is -0.607. The number of amides is 1. The van der Waals surface area contributed by atoms with E-state index >= 15 is 0 Å². The molecule has 0 aliphatic carbocycles. The molecule has 0 radical (unpaired) electrons. The maximum Gasteiger partial charge on any atom is 0.410 e. The lowest BCUT2D eigenvalue weighted by Gasteiger charge is -2.33. The third-order valence-electron chi connectivity index (χ3n) is 5.42. The van der Waals surface area contributed by atoms with Gasteiger partial charge in [-0.1, -0.05) is 41.1 Å². The van der Waals surface area contributed by atoms with E-state index in [9.17, 15) is 14.7 Å². The number of carbonyl (C=O) groups excluding carboxylic acids is 1. The van der Waals surface area contributed by atoms with Crippen molar-refractivity contribution in [3.05, 3.63) is 73.7 Å². The van der Waals surface area contributed by atoms with Gasteiger partial charge in [0, 0.05) is 11.4 Å². The van der Waals surface area contributed by atoms with Crippen LogP contribution in [0.2, 0.25) is 5.02 Å². The van der Waals surface area contributed by atoms with Gasteiger partial charge >= 0.3 is 11.0 Å². The second-order valence-electron chi connectivity index (χ2n) is 8.59. The fourth-order valence-electron chi connectivity index (χ4n) is 3.55. The van der Waals surface area contributed by atoms with E-state index in [2.05, 4.69) is 4.98 Å². The van der Waals surface area contributed by atoms with Gasteiger partial charge in [0.2, 0.25) is 5.88 Å². The maximum atomic E-state index is 12.5. The molecule has 1 atom stereocenters. The minimum Gasteiger partial charge on any atom is -0.494 e. The summed E-state index contributed by atoms with van der Waals surface area (Å²) in [4.78, 5) is 28.1. The molecule has 0 saturated carbocycles. The van der Waals surface area contributed by atoms with E-state index in [0.29, 0.717) is 34.4 Å². The van der Waals surface area contributed by atoms with E-state index in [-0.39, 0.29) is 24.0 Å². The van der Waals surface area contributed by atoms with Gasteiger partial charge in [-0.25, -0.2) is 4.79 Å². The fourth-order valence-corrected chi connectivity index (χ4v) is 4.49. The van der Waals surface area contributed by atoms with Crippen molar-refractivity contribution in [2.45, 2.75) is 31.9 Å². The first kappa shape index (κ1) is 24.0. The molecule has 2 N–H and O–H groups in total. The van der Waals surface area contributed by atoms with Crippen LogP contribution in [0.3, 0.4) is 0 Å². The summed E-state index contributed by atoms with van der Waals surface area (Å²) in [6, 6.07) is 14.5. The summed E-state index contributed by atoms with van der Waals surface area (Å²) in [6.07, 6.45) is -0.362. The smallest absolute Gasteiger partial charge is 0.410 e. The molecule has 8 nitrogen and oxygen atoms in total. The number of cyclic esters (lactones) is 1. The highest BCUT2D eigenvalue weighted by Gasteiger charge is 2.41. The second kappa shape index (κ2) is 9.99. The van der Waals surface area contributed by atoms with Gasteiger partial charge in [0.05, 0.1) is 17.0 Å². The number of halogens is 1. The van der Waals surface area contributed by atoms with E-state index in [4.69, 9.17) is 25.8 Å². The lowest BCUT2D eigenvalue weighted by atomic mass is 10.0. The summed E-state index contributed by atoms with van der Waals surface area (Å²) < 4.78 is 17.1. The number of thiazole rings is 1. The Balaban J connectivity index is 1.29. The average Bonchev–Trinajstić information content (AvgIpc) is 3.33. The number of hydrogen-bond acceptors (Lipinski definition) is 7. The summed E-state index contributed by atoms with van der Waals surface area (Å²) in [5, 5.41) is 10.3. The van der Waals surface area contributed by atoms with Crippen LogP contribution < -0.4 is 14.3 Å². The van der Waals surface area contributed by atoms with Crippen LogP contribution >= 0.6 is 22.9 Å². The molecule has 1 saturated heterocycles. The number of H-pyrrole nitrogens is 1. The van der Waals surface area contributed by atoms with E-state index in [1.54, 1.807) is 29.2 Å². The molecule has 1 fully saturated rings. The van der Waals surface area contributed by atoms with Gasteiger partial charge in [-0.05, 0) is 49.7 Å². The largest absolute Gasteiger partial charge is 0.494 e. The van der Waals surface area contributed by atoms with Crippen LogP contribution in [0.1, 0.15) is 24.3 Å². The molecule has 180 valence electrons. The summed E-state index contributed by atoms with van der Waals surface area (Å²) in [6.45, 7) is 4.71. The molecule has 1 unspecified atom stereocenters. The Kier molecular flexibility index (Phi) is 7.04.